The molecule has 1 aliphatic heterocycles. The van der Waals surface area contributed by atoms with Gasteiger partial charge in [-0.15, -0.1) is 0 Å². The van der Waals surface area contributed by atoms with Gasteiger partial charge in [-0.05, 0) is 45.4 Å². The molecule has 0 saturated carbocycles. The van der Waals surface area contributed by atoms with E-state index in [1.54, 1.807) is 0 Å². The van der Waals surface area contributed by atoms with Gasteiger partial charge in [-0.25, -0.2) is 0 Å². The molecule has 1 fully saturated rings. The Morgan fingerprint density at radius 2 is 1.95 bits per heavy atom. The average Bonchev–Trinajstić information content (AvgIpc) is 2.39. The molecule has 0 bridgehead atoms. The first kappa shape index (κ1) is 14.8. The molecule has 0 aromatic heterocycles. The Morgan fingerprint density at radius 1 is 1.26 bits per heavy atom. The maximum Gasteiger partial charge on any atom is 0.0917 e. The number of aryl methyl sites for hydroxylation is 1. The Balaban J connectivity index is 2.32. The van der Waals surface area contributed by atoms with Gasteiger partial charge in [0.05, 0.1) is 5.60 Å². The highest BCUT2D eigenvalue weighted by atomic mass is 79.9. The monoisotopic (exact) mass is 326 g/mol. The molecule has 0 spiro atoms. The van der Waals surface area contributed by atoms with Crippen LogP contribution in [0.25, 0.3) is 0 Å². The number of benzene rings is 1. The van der Waals surface area contributed by atoms with Gasteiger partial charge in [0.15, 0.2) is 0 Å². The summed E-state index contributed by atoms with van der Waals surface area (Å²) in [5, 5.41) is 13.9. The quantitative estimate of drug-likeness (QED) is 0.832. The van der Waals surface area contributed by atoms with Crippen LogP contribution >= 0.6 is 15.9 Å². The van der Waals surface area contributed by atoms with Crippen LogP contribution in [0.1, 0.15) is 26.3 Å². The first-order valence-corrected chi connectivity index (χ1v) is 7.46. The second kappa shape index (κ2) is 5.08. The summed E-state index contributed by atoms with van der Waals surface area (Å²) < 4.78 is 1.11. The zero-order valence-electron chi connectivity index (χ0n) is 12.1. The lowest BCUT2D eigenvalue weighted by Gasteiger charge is -2.32. The Kier molecular flexibility index (Phi) is 3.96. The van der Waals surface area contributed by atoms with Crippen molar-refractivity contribution in [2.45, 2.75) is 38.8 Å². The summed E-state index contributed by atoms with van der Waals surface area (Å²) in [6.07, 6.45) is 0. The normalized spacial score (nSPS) is 27.2. The van der Waals surface area contributed by atoms with E-state index >= 15 is 0 Å². The fraction of sp³-hybridized carbons (Fsp3) is 0.600. The third-order valence-electron chi connectivity index (χ3n) is 3.59. The van der Waals surface area contributed by atoms with Crippen molar-refractivity contribution in [2.24, 2.45) is 0 Å². The molecule has 1 atom stereocenters. The molecular formula is C15H23BrN2O. The third-order valence-corrected chi connectivity index (χ3v) is 4.44. The summed E-state index contributed by atoms with van der Waals surface area (Å²) in [6, 6.07) is 6.36. The molecule has 4 heteroatoms. The van der Waals surface area contributed by atoms with Crippen molar-refractivity contribution in [2.75, 3.05) is 24.5 Å². The highest BCUT2D eigenvalue weighted by Crippen LogP contribution is 2.27. The average molecular weight is 327 g/mol. The molecule has 1 aromatic carbocycles. The minimum atomic E-state index is -0.717. The van der Waals surface area contributed by atoms with Crippen LogP contribution in [-0.4, -0.2) is 35.9 Å². The van der Waals surface area contributed by atoms with Crippen molar-refractivity contribution in [3.63, 3.8) is 0 Å². The lowest BCUT2D eigenvalue weighted by molar-refractivity contribution is 0.0696. The van der Waals surface area contributed by atoms with Gasteiger partial charge in [0, 0.05) is 35.3 Å². The van der Waals surface area contributed by atoms with Crippen LogP contribution in [0.3, 0.4) is 0 Å². The van der Waals surface area contributed by atoms with Crippen LogP contribution in [0.15, 0.2) is 22.7 Å². The predicted octanol–water partition coefficient (Wildman–Crippen LogP) is 2.70. The summed E-state index contributed by atoms with van der Waals surface area (Å²) in [7, 11) is 0. The molecule has 1 aromatic rings. The van der Waals surface area contributed by atoms with Gasteiger partial charge in [0.1, 0.15) is 0 Å². The minimum absolute atomic E-state index is 0.0160. The maximum absolute atomic E-state index is 10.4. The van der Waals surface area contributed by atoms with Crippen molar-refractivity contribution in [1.29, 1.82) is 0 Å². The number of hydrogen-bond acceptors (Lipinski definition) is 3. The van der Waals surface area contributed by atoms with Crippen molar-refractivity contribution in [1.82, 2.24) is 5.32 Å². The number of nitrogens with one attached hydrogen (secondary N) is 1. The Labute approximate surface area is 124 Å². The van der Waals surface area contributed by atoms with Gasteiger partial charge in [-0.3, -0.25) is 0 Å². The van der Waals surface area contributed by atoms with E-state index in [-0.39, 0.29) is 5.54 Å². The fourth-order valence-corrected chi connectivity index (χ4v) is 2.81. The van der Waals surface area contributed by atoms with E-state index in [2.05, 4.69) is 65.1 Å². The smallest absolute Gasteiger partial charge is 0.0917 e. The van der Waals surface area contributed by atoms with Crippen LogP contribution in [0, 0.1) is 6.92 Å². The Hall–Kier alpha value is -0.580. The summed E-state index contributed by atoms with van der Waals surface area (Å²) in [5.74, 6) is 0. The number of β-amino-alcohol motifs (C(OH)–C–C–N with tert-alkyl or cyclic N) is 1. The first-order chi connectivity index (χ1) is 8.69. The number of halogens is 1. The van der Waals surface area contributed by atoms with E-state index in [4.69, 9.17) is 0 Å². The summed E-state index contributed by atoms with van der Waals surface area (Å²) in [4.78, 5) is 2.25. The molecule has 2 N–H and O–H groups in total. The zero-order valence-corrected chi connectivity index (χ0v) is 13.7. The predicted molar refractivity (Wildman–Crippen MR) is 83.8 cm³/mol. The largest absolute Gasteiger partial charge is 0.387 e. The Bertz CT molecular complexity index is 453. The van der Waals surface area contributed by atoms with E-state index in [9.17, 15) is 5.11 Å². The maximum atomic E-state index is 10.4. The number of nitrogens with zero attached hydrogens (tertiary/aromatic N) is 1. The first-order valence-electron chi connectivity index (χ1n) is 6.67. The molecule has 0 radical (unpaired) electrons. The van der Waals surface area contributed by atoms with Crippen LogP contribution in [-0.2, 0) is 0 Å². The molecule has 1 aliphatic rings. The summed E-state index contributed by atoms with van der Waals surface area (Å²) in [6.45, 7) is 10.4. The molecular weight excluding hydrogens is 304 g/mol. The van der Waals surface area contributed by atoms with Gasteiger partial charge in [0.2, 0.25) is 0 Å². The number of aliphatic hydroxyl groups is 1. The molecule has 0 aliphatic carbocycles. The second-order valence-corrected chi connectivity index (χ2v) is 7.38. The lowest BCUT2D eigenvalue weighted by atomic mass is 10.1. The highest BCUT2D eigenvalue weighted by Gasteiger charge is 2.34. The minimum Gasteiger partial charge on any atom is -0.387 e. The standard InChI is InChI=1S/C15H23BrN2O/c1-11-5-6-12(7-13(11)16)18-9-14(2,3)17-8-15(4,19)10-18/h5-7,17,19H,8-10H2,1-4H3. The highest BCUT2D eigenvalue weighted by molar-refractivity contribution is 9.10. The van der Waals surface area contributed by atoms with Gasteiger partial charge in [0.25, 0.3) is 0 Å². The molecule has 19 heavy (non-hydrogen) atoms. The van der Waals surface area contributed by atoms with E-state index in [1.807, 2.05) is 6.92 Å². The molecule has 106 valence electrons. The van der Waals surface area contributed by atoms with Gasteiger partial charge >= 0.3 is 0 Å². The second-order valence-electron chi connectivity index (χ2n) is 6.52. The summed E-state index contributed by atoms with van der Waals surface area (Å²) in [5.41, 5.74) is 1.64. The molecule has 1 saturated heterocycles. The molecule has 0 amide bonds. The van der Waals surface area contributed by atoms with E-state index < -0.39 is 5.60 Å². The van der Waals surface area contributed by atoms with E-state index in [0.29, 0.717) is 13.1 Å². The van der Waals surface area contributed by atoms with Crippen molar-refractivity contribution >= 4 is 21.6 Å². The molecule has 1 heterocycles. The number of rotatable bonds is 1. The third kappa shape index (κ3) is 3.71. The van der Waals surface area contributed by atoms with Crippen LogP contribution < -0.4 is 10.2 Å². The number of hydrogen-bond donors (Lipinski definition) is 2. The Morgan fingerprint density at radius 3 is 2.58 bits per heavy atom. The van der Waals surface area contributed by atoms with Gasteiger partial charge in [-0.1, -0.05) is 22.0 Å². The number of anilines is 1. The van der Waals surface area contributed by atoms with Crippen LogP contribution in [0.4, 0.5) is 5.69 Å². The van der Waals surface area contributed by atoms with Crippen LogP contribution in [0.2, 0.25) is 0 Å². The van der Waals surface area contributed by atoms with Crippen LogP contribution in [0.5, 0.6) is 0 Å². The van der Waals surface area contributed by atoms with Crippen molar-refractivity contribution in [3.8, 4) is 0 Å². The van der Waals surface area contributed by atoms with Gasteiger partial charge in [-0.2, -0.15) is 0 Å². The fourth-order valence-electron chi connectivity index (χ4n) is 2.45. The zero-order chi connectivity index (χ0) is 14.3. The van der Waals surface area contributed by atoms with E-state index in [1.165, 1.54) is 5.56 Å². The van der Waals surface area contributed by atoms with Crippen molar-refractivity contribution < 1.29 is 5.11 Å². The SMILES string of the molecule is Cc1ccc(N2CC(C)(O)CNC(C)(C)C2)cc1Br. The van der Waals surface area contributed by atoms with Gasteiger partial charge < -0.3 is 15.3 Å². The topological polar surface area (TPSA) is 35.5 Å². The molecule has 1 unspecified atom stereocenters. The summed E-state index contributed by atoms with van der Waals surface area (Å²) >= 11 is 3.58. The molecule has 3 nitrogen and oxygen atoms in total. The molecule has 2 rings (SSSR count). The van der Waals surface area contributed by atoms with Crippen molar-refractivity contribution in [3.05, 3.63) is 28.2 Å². The lowest BCUT2D eigenvalue weighted by Crippen LogP contribution is -2.47. The van der Waals surface area contributed by atoms with E-state index in [0.717, 1.165) is 16.7 Å².